The number of para-hydroxylation sites is 1. The van der Waals surface area contributed by atoms with Crippen molar-refractivity contribution in [1.29, 1.82) is 10.8 Å². The van der Waals surface area contributed by atoms with Gasteiger partial charge in [0.2, 0.25) is 12.1 Å². The molecule has 188 valence electrons. The molecule has 1 atom stereocenters. The number of aliphatic imine (C=N–C) groups is 1. The summed E-state index contributed by atoms with van der Waals surface area (Å²) in [7, 11) is 0. The number of rotatable bonds is 4. The minimum atomic E-state index is -1.19. The molecule has 0 radical (unpaired) electrons. The third-order valence-corrected chi connectivity index (χ3v) is 6.02. The highest BCUT2D eigenvalue weighted by molar-refractivity contribution is 6.19. The molecule has 1 saturated heterocycles. The quantitative estimate of drug-likeness (QED) is 0.323. The van der Waals surface area contributed by atoms with Crippen molar-refractivity contribution in [1.82, 2.24) is 5.32 Å². The molecule has 9 nitrogen and oxygen atoms in total. The van der Waals surface area contributed by atoms with Gasteiger partial charge in [0.15, 0.2) is 0 Å². The third-order valence-electron chi connectivity index (χ3n) is 6.02. The molecule has 1 amide bonds. The number of nitrogens with zero attached hydrogens (tertiary/aromatic N) is 2. The number of carbonyl (C=O) groups excluding carboxylic acids is 1. The zero-order chi connectivity index (χ0) is 25.8. The van der Waals surface area contributed by atoms with Crippen molar-refractivity contribution in [2.75, 3.05) is 36.5 Å². The van der Waals surface area contributed by atoms with Gasteiger partial charge in [-0.15, -0.1) is 0 Å². The van der Waals surface area contributed by atoms with Crippen molar-refractivity contribution in [3.05, 3.63) is 95.3 Å². The Morgan fingerprint density at radius 1 is 1.05 bits per heavy atom. The van der Waals surface area contributed by atoms with E-state index in [0.717, 1.165) is 11.1 Å². The molecule has 2 aliphatic rings. The molecule has 3 aromatic carbocycles. The van der Waals surface area contributed by atoms with E-state index >= 15 is 0 Å². The van der Waals surface area contributed by atoms with E-state index in [0.29, 0.717) is 49.0 Å². The van der Waals surface area contributed by atoms with Gasteiger partial charge in [-0.3, -0.25) is 15.6 Å². The van der Waals surface area contributed by atoms with E-state index in [-0.39, 0.29) is 5.90 Å². The van der Waals surface area contributed by atoms with Crippen molar-refractivity contribution in [3.63, 3.8) is 0 Å². The number of morpholine rings is 1. The molecule has 4 N–H and O–H groups in total. The number of carbonyl (C=O) groups is 1. The predicted octanol–water partition coefficient (Wildman–Crippen LogP) is 3.34. The van der Waals surface area contributed by atoms with Crippen molar-refractivity contribution >= 4 is 34.9 Å². The van der Waals surface area contributed by atoms with Crippen LogP contribution in [0.3, 0.4) is 0 Å². The topological polar surface area (TPSA) is 123 Å². The largest absolute Gasteiger partial charge is 0.407 e. The van der Waals surface area contributed by atoms with Crippen molar-refractivity contribution in [3.8, 4) is 0 Å². The van der Waals surface area contributed by atoms with E-state index in [9.17, 15) is 9.18 Å². The van der Waals surface area contributed by atoms with Gasteiger partial charge >= 0.3 is 0 Å². The van der Waals surface area contributed by atoms with Crippen LogP contribution < -0.4 is 15.5 Å². The Kier molecular flexibility index (Phi) is 6.91. The number of amidine groups is 1. The summed E-state index contributed by atoms with van der Waals surface area (Å²) in [5.41, 5.74) is 3.52. The average Bonchev–Trinajstić information content (AvgIpc) is 3.05. The maximum atomic E-state index is 14.0. The van der Waals surface area contributed by atoms with Gasteiger partial charge in [-0.2, -0.15) is 0 Å². The van der Waals surface area contributed by atoms with Gasteiger partial charge in [0, 0.05) is 24.2 Å². The molecule has 5 rings (SSSR count). The molecule has 0 bridgehead atoms. The zero-order valence-corrected chi connectivity index (χ0v) is 19.8. The van der Waals surface area contributed by atoms with Crippen molar-refractivity contribution in [2.45, 2.75) is 6.17 Å². The van der Waals surface area contributed by atoms with E-state index in [1.165, 1.54) is 18.2 Å². The van der Waals surface area contributed by atoms with Gasteiger partial charge < -0.3 is 25.0 Å². The van der Waals surface area contributed by atoms with Gasteiger partial charge in [0.25, 0.3) is 11.9 Å². The number of benzodiazepines with no additional fused rings is 1. The van der Waals surface area contributed by atoms with Crippen molar-refractivity contribution in [2.24, 2.45) is 4.99 Å². The fraction of sp³-hybridized carbons (Fsp3) is 0.185. The SMILES string of the molecule is N=C(NC1N=C(c2ccccc2)c2ccccc2NC1=O)OC(=N)c1ccc(F)cc1N1CCOCC1. The Balaban J connectivity index is 1.37. The predicted molar refractivity (Wildman–Crippen MR) is 139 cm³/mol. The van der Waals surface area contributed by atoms with E-state index in [1.54, 1.807) is 6.07 Å². The van der Waals surface area contributed by atoms with Crippen LogP contribution in [0, 0.1) is 16.6 Å². The van der Waals surface area contributed by atoms with E-state index in [1.807, 2.05) is 53.4 Å². The maximum absolute atomic E-state index is 14.0. The number of nitrogens with one attached hydrogen (secondary N) is 4. The van der Waals surface area contributed by atoms with Gasteiger partial charge in [0.1, 0.15) is 5.82 Å². The molecule has 2 heterocycles. The highest BCUT2D eigenvalue weighted by Gasteiger charge is 2.27. The number of benzene rings is 3. The first-order valence-electron chi connectivity index (χ1n) is 11.8. The molecule has 0 aliphatic carbocycles. The number of halogens is 1. The van der Waals surface area contributed by atoms with Crippen LogP contribution in [-0.2, 0) is 14.3 Å². The van der Waals surface area contributed by atoms with Crippen LogP contribution in [0.4, 0.5) is 15.8 Å². The summed E-state index contributed by atoms with van der Waals surface area (Å²) in [6.45, 7) is 2.06. The molecule has 1 fully saturated rings. The third kappa shape index (κ3) is 5.34. The molecular formula is C27H25FN6O3. The lowest BCUT2D eigenvalue weighted by Gasteiger charge is -2.30. The first kappa shape index (κ1) is 24.1. The second-order valence-electron chi connectivity index (χ2n) is 8.45. The van der Waals surface area contributed by atoms with Gasteiger partial charge in [0.05, 0.1) is 35.9 Å². The van der Waals surface area contributed by atoms with Crippen LogP contribution in [0.15, 0.2) is 77.8 Å². The lowest BCUT2D eigenvalue weighted by Crippen LogP contribution is -2.43. The van der Waals surface area contributed by atoms with E-state index in [2.05, 4.69) is 15.6 Å². The molecule has 37 heavy (non-hydrogen) atoms. The smallest absolute Gasteiger partial charge is 0.290 e. The summed E-state index contributed by atoms with van der Waals surface area (Å²) in [6, 6.07) is 20.2. The van der Waals surface area contributed by atoms with Crippen LogP contribution in [0.25, 0.3) is 0 Å². The fourth-order valence-electron chi connectivity index (χ4n) is 4.25. The second-order valence-corrected chi connectivity index (χ2v) is 8.45. The van der Waals surface area contributed by atoms with Gasteiger partial charge in [-0.1, -0.05) is 48.5 Å². The Bertz CT molecular complexity index is 1370. The Morgan fingerprint density at radius 2 is 1.78 bits per heavy atom. The molecule has 10 heteroatoms. The van der Waals surface area contributed by atoms with Gasteiger partial charge in [-0.25, -0.2) is 9.38 Å². The lowest BCUT2D eigenvalue weighted by atomic mass is 10.0. The standard InChI is InChI=1S/C27H25FN6O3/c28-18-10-11-20(22(16-18)34-12-14-36-15-13-34)24(29)37-27(30)33-25-26(35)31-21-9-5-4-8-19(21)23(32-25)17-6-2-1-3-7-17/h1-11,16,25,29H,12-15H2,(H2,30,33)(H,31,35). The molecule has 3 aromatic rings. The summed E-state index contributed by atoms with van der Waals surface area (Å²) < 4.78 is 24.8. The van der Waals surface area contributed by atoms with E-state index in [4.69, 9.17) is 20.3 Å². The maximum Gasteiger partial charge on any atom is 0.290 e. The first-order valence-corrected chi connectivity index (χ1v) is 11.8. The summed E-state index contributed by atoms with van der Waals surface area (Å²) in [5, 5.41) is 22.3. The van der Waals surface area contributed by atoms with Crippen molar-refractivity contribution < 1.29 is 18.7 Å². The number of fused-ring (bicyclic) bond motifs is 1. The summed E-state index contributed by atoms with van der Waals surface area (Å²) in [5.74, 6) is -1.28. The second kappa shape index (κ2) is 10.6. The normalized spacial score (nSPS) is 17.1. The Morgan fingerprint density at radius 3 is 2.57 bits per heavy atom. The zero-order valence-electron chi connectivity index (χ0n) is 19.8. The molecule has 0 saturated carbocycles. The molecule has 2 aliphatic heterocycles. The van der Waals surface area contributed by atoms with Crippen LogP contribution in [-0.4, -0.2) is 56.0 Å². The summed E-state index contributed by atoms with van der Waals surface area (Å²) in [4.78, 5) is 19.5. The lowest BCUT2D eigenvalue weighted by molar-refractivity contribution is -0.117. The minimum absolute atomic E-state index is 0.320. The first-order chi connectivity index (χ1) is 18.0. The number of amides is 1. The molecule has 0 aromatic heterocycles. The highest BCUT2D eigenvalue weighted by Crippen LogP contribution is 2.25. The van der Waals surface area contributed by atoms with Gasteiger partial charge in [-0.05, 0) is 24.3 Å². The van der Waals surface area contributed by atoms with Crippen LogP contribution in [0.5, 0.6) is 0 Å². The highest BCUT2D eigenvalue weighted by atomic mass is 19.1. The monoisotopic (exact) mass is 500 g/mol. The molecule has 0 spiro atoms. The number of hydrogen-bond acceptors (Lipinski definition) is 7. The van der Waals surface area contributed by atoms with Crippen LogP contribution in [0.1, 0.15) is 16.7 Å². The van der Waals surface area contributed by atoms with Crippen LogP contribution in [0.2, 0.25) is 0 Å². The fourth-order valence-corrected chi connectivity index (χ4v) is 4.25. The Hall–Kier alpha value is -4.57. The summed E-state index contributed by atoms with van der Waals surface area (Å²) in [6.07, 6.45) is -1.19. The molecule has 1 unspecified atom stereocenters. The number of hydrogen-bond donors (Lipinski definition) is 4. The minimum Gasteiger partial charge on any atom is -0.407 e. The van der Waals surface area contributed by atoms with Crippen LogP contribution >= 0.6 is 0 Å². The Labute approximate surface area is 212 Å². The molecular weight excluding hydrogens is 475 g/mol. The number of ether oxygens (including phenoxy) is 2. The van der Waals surface area contributed by atoms with E-state index < -0.39 is 23.9 Å². The average molecular weight is 501 g/mol. The summed E-state index contributed by atoms with van der Waals surface area (Å²) >= 11 is 0. The number of anilines is 2.